The summed E-state index contributed by atoms with van der Waals surface area (Å²) in [7, 11) is 0. The molecule has 2 saturated heterocycles. The second-order valence-corrected chi connectivity index (χ2v) is 9.91. The number of fused-ring (bicyclic) bond motifs is 1. The Morgan fingerprint density at radius 1 is 0.879 bits per heavy atom. The van der Waals surface area contributed by atoms with E-state index in [0.29, 0.717) is 17.7 Å². The van der Waals surface area contributed by atoms with Gasteiger partial charge >= 0.3 is 0 Å². The summed E-state index contributed by atoms with van der Waals surface area (Å²) in [4.78, 5) is 10.2. The van der Waals surface area contributed by atoms with E-state index < -0.39 is 0 Å². The lowest BCUT2D eigenvalue weighted by Crippen LogP contribution is -2.44. The molecule has 0 aliphatic carbocycles. The minimum atomic E-state index is -0.101. The number of imidazole rings is 1. The second-order valence-electron chi connectivity index (χ2n) is 9.91. The van der Waals surface area contributed by atoms with E-state index in [1.165, 1.54) is 49.0 Å². The molecule has 5 nitrogen and oxygen atoms in total. The summed E-state index contributed by atoms with van der Waals surface area (Å²) < 4.78 is 16.7. The number of aryl methyl sites for hydroxylation is 3. The number of halogens is 1. The van der Waals surface area contributed by atoms with E-state index in [1.807, 2.05) is 26.0 Å². The van der Waals surface area contributed by atoms with Gasteiger partial charge in [-0.05, 0) is 80.6 Å². The third-order valence-corrected chi connectivity index (χ3v) is 7.14. The molecule has 3 aromatic rings. The third-order valence-electron chi connectivity index (χ3n) is 7.14. The molecule has 0 saturated carbocycles. The van der Waals surface area contributed by atoms with Crippen LogP contribution in [0.25, 0.3) is 11.0 Å². The Hall–Kier alpha value is -2.44. The third kappa shape index (κ3) is 4.64. The smallest absolute Gasteiger partial charge is 0.206 e. The summed E-state index contributed by atoms with van der Waals surface area (Å²) in [6, 6.07) is 8.57. The summed E-state index contributed by atoms with van der Waals surface area (Å²) in [6.07, 6.45) is 3.93. The molecule has 6 heteroatoms. The van der Waals surface area contributed by atoms with Crippen LogP contribution in [0.3, 0.4) is 0 Å². The maximum absolute atomic E-state index is 14.3. The number of hydrogen-bond acceptors (Lipinski definition) is 4. The number of nitrogens with one attached hydrogen (secondary N) is 1. The van der Waals surface area contributed by atoms with Crippen LogP contribution >= 0.6 is 0 Å². The Labute approximate surface area is 196 Å². The van der Waals surface area contributed by atoms with Crippen molar-refractivity contribution in [2.24, 2.45) is 0 Å². The van der Waals surface area contributed by atoms with Gasteiger partial charge in [-0.15, -0.1) is 0 Å². The van der Waals surface area contributed by atoms with Gasteiger partial charge in [-0.3, -0.25) is 4.90 Å². The number of hydrogen-bond donors (Lipinski definition) is 1. The molecule has 5 rings (SSSR count). The van der Waals surface area contributed by atoms with Gasteiger partial charge in [-0.1, -0.05) is 24.6 Å². The van der Waals surface area contributed by atoms with Crippen LogP contribution in [0.1, 0.15) is 47.1 Å². The standard InChI is InChI=1S/C27H36FN5/c1-19-13-23(18-31-9-5-4-6-10-31)26-24(14-19)33(27(30-26)32-11-7-29-8-12-32)17-22-15-20(2)25(28)21(3)16-22/h13-16,29H,4-12,17-18H2,1-3H3. The van der Waals surface area contributed by atoms with Gasteiger partial charge in [0.1, 0.15) is 5.82 Å². The van der Waals surface area contributed by atoms with Gasteiger partial charge in [0.2, 0.25) is 5.95 Å². The first-order chi connectivity index (χ1) is 16.0. The highest BCUT2D eigenvalue weighted by Crippen LogP contribution is 2.30. The largest absolute Gasteiger partial charge is 0.340 e. The van der Waals surface area contributed by atoms with Crippen molar-refractivity contribution >= 4 is 17.0 Å². The molecule has 0 atom stereocenters. The maximum atomic E-state index is 14.3. The van der Waals surface area contributed by atoms with Crippen LogP contribution < -0.4 is 10.2 Å². The first-order valence-corrected chi connectivity index (χ1v) is 12.4. The van der Waals surface area contributed by atoms with Crippen LogP contribution in [0.15, 0.2) is 24.3 Å². The number of rotatable bonds is 5. The van der Waals surface area contributed by atoms with Gasteiger partial charge < -0.3 is 14.8 Å². The summed E-state index contributed by atoms with van der Waals surface area (Å²) in [5.74, 6) is 0.938. The fraction of sp³-hybridized carbons (Fsp3) is 0.519. The van der Waals surface area contributed by atoms with Crippen LogP contribution in [0.5, 0.6) is 0 Å². The van der Waals surface area contributed by atoms with E-state index >= 15 is 0 Å². The molecule has 1 N–H and O–H groups in total. The highest BCUT2D eigenvalue weighted by molar-refractivity contribution is 5.83. The Balaban J connectivity index is 1.60. The zero-order valence-electron chi connectivity index (χ0n) is 20.3. The first kappa shape index (κ1) is 22.4. The number of nitrogens with zero attached hydrogens (tertiary/aromatic N) is 4. The lowest BCUT2D eigenvalue weighted by molar-refractivity contribution is 0.221. The zero-order valence-corrected chi connectivity index (χ0v) is 20.3. The van der Waals surface area contributed by atoms with Gasteiger partial charge in [0, 0.05) is 32.7 Å². The van der Waals surface area contributed by atoms with Crippen LogP contribution in [0, 0.1) is 26.6 Å². The average molecular weight is 450 g/mol. The van der Waals surface area contributed by atoms with Gasteiger partial charge in [-0.25, -0.2) is 9.37 Å². The van der Waals surface area contributed by atoms with Crippen LogP contribution in [0.4, 0.5) is 10.3 Å². The lowest BCUT2D eigenvalue weighted by atomic mass is 10.1. The molecule has 0 unspecified atom stereocenters. The van der Waals surface area contributed by atoms with E-state index in [0.717, 1.165) is 49.8 Å². The Kier molecular flexibility index (Phi) is 6.39. The van der Waals surface area contributed by atoms with Crippen molar-refractivity contribution in [2.45, 2.75) is 53.1 Å². The van der Waals surface area contributed by atoms with Gasteiger partial charge in [-0.2, -0.15) is 0 Å². The van der Waals surface area contributed by atoms with Crippen molar-refractivity contribution in [3.05, 3.63) is 57.9 Å². The van der Waals surface area contributed by atoms with E-state index in [9.17, 15) is 4.39 Å². The molecular weight excluding hydrogens is 413 g/mol. The zero-order chi connectivity index (χ0) is 22.9. The van der Waals surface area contributed by atoms with Crippen LogP contribution in [-0.2, 0) is 13.1 Å². The molecule has 0 spiro atoms. The molecule has 1 aromatic heterocycles. The molecule has 2 aliphatic heterocycles. The molecule has 0 bridgehead atoms. The molecule has 33 heavy (non-hydrogen) atoms. The average Bonchev–Trinajstić information content (AvgIpc) is 3.17. The summed E-state index contributed by atoms with van der Waals surface area (Å²) in [6.45, 7) is 13.8. The van der Waals surface area contributed by atoms with Gasteiger partial charge in [0.05, 0.1) is 17.6 Å². The molecular formula is C27H36FN5. The number of benzene rings is 2. The lowest BCUT2D eigenvalue weighted by Gasteiger charge is -2.29. The monoisotopic (exact) mass is 449 g/mol. The molecule has 176 valence electrons. The van der Waals surface area contributed by atoms with Crippen molar-refractivity contribution < 1.29 is 4.39 Å². The van der Waals surface area contributed by atoms with E-state index in [2.05, 4.69) is 38.7 Å². The summed E-state index contributed by atoms with van der Waals surface area (Å²) in [5.41, 5.74) is 7.45. The van der Waals surface area contributed by atoms with Crippen molar-refractivity contribution in [3.8, 4) is 0 Å². The van der Waals surface area contributed by atoms with E-state index in [1.54, 1.807) is 0 Å². The summed E-state index contributed by atoms with van der Waals surface area (Å²) in [5, 5.41) is 3.46. The quantitative estimate of drug-likeness (QED) is 0.620. The Morgan fingerprint density at radius 2 is 1.58 bits per heavy atom. The predicted molar refractivity (Wildman–Crippen MR) is 134 cm³/mol. The molecule has 2 aromatic carbocycles. The summed E-state index contributed by atoms with van der Waals surface area (Å²) >= 11 is 0. The van der Waals surface area contributed by atoms with Crippen molar-refractivity contribution in [2.75, 3.05) is 44.2 Å². The fourth-order valence-corrected chi connectivity index (χ4v) is 5.49. The van der Waals surface area contributed by atoms with E-state index in [-0.39, 0.29) is 5.82 Å². The Morgan fingerprint density at radius 3 is 2.27 bits per heavy atom. The molecule has 0 radical (unpaired) electrons. The van der Waals surface area contributed by atoms with Crippen molar-refractivity contribution in [1.82, 2.24) is 19.8 Å². The number of piperidine rings is 1. The minimum Gasteiger partial charge on any atom is -0.340 e. The minimum absolute atomic E-state index is 0.101. The molecule has 0 amide bonds. The number of piperazine rings is 1. The molecule has 2 aliphatic rings. The number of likely N-dealkylation sites (tertiary alicyclic amines) is 1. The van der Waals surface area contributed by atoms with Crippen LogP contribution in [-0.4, -0.2) is 53.7 Å². The molecule has 3 heterocycles. The predicted octanol–water partition coefficient (Wildman–Crippen LogP) is 4.54. The van der Waals surface area contributed by atoms with Crippen molar-refractivity contribution in [3.63, 3.8) is 0 Å². The number of anilines is 1. The number of aromatic nitrogens is 2. The highest BCUT2D eigenvalue weighted by Gasteiger charge is 2.22. The SMILES string of the molecule is Cc1cc(CN2CCCCC2)c2nc(N3CCNCC3)n(Cc3cc(C)c(F)c(C)c3)c2c1. The maximum Gasteiger partial charge on any atom is 0.206 e. The molecule has 2 fully saturated rings. The van der Waals surface area contributed by atoms with Crippen molar-refractivity contribution in [1.29, 1.82) is 0 Å². The first-order valence-electron chi connectivity index (χ1n) is 12.4. The topological polar surface area (TPSA) is 36.3 Å². The van der Waals surface area contributed by atoms with Crippen LogP contribution in [0.2, 0.25) is 0 Å². The van der Waals surface area contributed by atoms with Gasteiger partial charge in [0.15, 0.2) is 0 Å². The highest BCUT2D eigenvalue weighted by atomic mass is 19.1. The Bertz CT molecular complexity index is 1120. The fourth-order valence-electron chi connectivity index (χ4n) is 5.49. The normalized spacial score (nSPS) is 17.8. The van der Waals surface area contributed by atoms with E-state index in [4.69, 9.17) is 4.98 Å². The van der Waals surface area contributed by atoms with Gasteiger partial charge in [0.25, 0.3) is 0 Å². The second kappa shape index (κ2) is 9.43.